The Kier molecular flexibility index (Phi) is 4.25. The number of nitrogens with zero attached hydrogens (tertiary/aromatic N) is 2. The highest BCUT2D eigenvalue weighted by Crippen LogP contribution is 2.42. The van der Waals surface area contributed by atoms with Crippen LogP contribution in [0, 0.1) is 12.8 Å². The van der Waals surface area contributed by atoms with Crippen LogP contribution in [0.4, 0.5) is 13.2 Å². The average molecular weight is 319 g/mol. The molecule has 0 amide bonds. The summed E-state index contributed by atoms with van der Waals surface area (Å²) < 4.78 is 37.3. The predicted octanol–water partition coefficient (Wildman–Crippen LogP) is 3.13. The van der Waals surface area contributed by atoms with Crippen molar-refractivity contribution in [2.24, 2.45) is 5.92 Å². The van der Waals surface area contributed by atoms with Crippen LogP contribution in [0.1, 0.15) is 35.2 Å². The van der Waals surface area contributed by atoms with Crippen molar-refractivity contribution in [1.82, 2.24) is 15.2 Å². The largest absolute Gasteiger partial charge is 0.401 e. The van der Waals surface area contributed by atoms with E-state index < -0.39 is 12.7 Å². The summed E-state index contributed by atoms with van der Waals surface area (Å²) in [5.41, 5.74) is 0. The molecule has 3 rings (SSSR count). The van der Waals surface area contributed by atoms with E-state index in [-0.39, 0.29) is 12.1 Å². The topological polar surface area (TPSA) is 28.2 Å². The minimum Gasteiger partial charge on any atom is -0.304 e. The highest BCUT2D eigenvalue weighted by atomic mass is 32.1. The molecule has 0 unspecified atom stereocenters. The Morgan fingerprint density at radius 1 is 1.43 bits per heavy atom. The summed E-state index contributed by atoms with van der Waals surface area (Å²) in [5, 5.41) is 4.65. The molecule has 0 radical (unpaired) electrons. The summed E-state index contributed by atoms with van der Waals surface area (Å²) in [6.07, 6.45) is 0.938. The van der Waals surface area contributed by atoms with Gasteiger partial charge in [0, 0.05) is 30.2 Å². The lowest BCUT2D eigenvalue weighted by molar-refractivity contribution is -0.143. The number of thiazole rings is 1. The molecule has 2 atom stereocenters. The summed E-state index contributed by atoms with van der Waals surface area (Å²) >= 11 is 1.69. The zero-order valence-corrected chi connectivity index (χ0v) is 12.8. The lowest BCUT2D eigenvalue weighted by Crippen LogP contribution is -2.38. The van der Waals surface area contributed by atoms with Crippen molar-refractivity contribution in [2.45, 2.75) is 44.4 Å². The van der Waals surface area contributed by atoms with E-state index in [1.807, 2.05) is 13.1 Å². The molecule has 0 spiro atoms. The van der Waals surface area contributed by atoms with Crippen LogP contribution in [0.3, 0.4) is 0 Å². The fraction of sp³-hybridized carbons (Fsp3) is 0.786. The van der Waals surface area contributed by atoms with Crippen molar-refractivity contribution < 1.29 is 13.2 Å². The molecular formula is C14H20F3N3S. The van der Waals surface area contributed by atoms with E-state index in [2.05, 4.69) is 10.3 Å². The number of aromatic nitrogens is 1. The van der Waals surface area contributed by atoms with Gasteiger partial charge in [0.05, 0.1) is 12.6 Å². The fourth-order valence-corrected chi connectivity index (χ4v) is 3.90. The van der Waals surface area contributed by atoms with E-state index in [1.54, 1.807) is 11.3 Å². The highest BCUT2D eigenvalue weighted by molar-refractivity contribution is 7.11. The van der Waals surface area contributed by atoms with Gasteiger partial charge in [-0.05, 0) is 32.1 Å². The molecule has 1 N–H and O–H groups in total. The van der Waals surface area contributed by atoms with E-state index in [0.717, 1.165) is 11.4 Å². The Morgan fingerprint density at radius 3 is 2.76 bits per heavy atom. The van der Waals surface area contributed by atoms with Crippen LogP contribution >= 0.6 is 11.3 Å². The molecule has 1 aliphatic carbocycles. The van der Waals surface area contributed by atoms with E-state index >= 15 is 0 Å². The van der Waals surface area contributed by atoms with Crippen LogP contribution in [-0.2, 0) is 0 Å². The molecular weight excluding hydrogens is 299 g/mol. The first kappa shape index (κ1) is 15.2. The summed E-state index contributed by atoms with van der Waals surface area (Å²) in [6, 6.07) is 0.363. The Balaban J connectivity index is 1.58. The van der Waals surface area contributed by atoms with Crippen molar-refractivity contribution in [2.75, 3.05) is 19.6 Å². The summed E-state index contributed by atoms with van der Waals surface area (Å²) in [6.45, 7) is 2.24. The van der Waals surface area contributed by atoms with Gasteiger partial charge in [-0.1, -0.05) is 0 Å². The van der Waals surface area contributed by atoms with Gasteiger partial charge in [0.15, 0.2) is 0 Å². The predicted molar refractivity (Wildman–Crippen MR) is 76.4 cm³/mol. The summed E-state index contributed by atoms with van der Waals surface area (Å²) in [7, 11) is 0. The summed E-state index contributed by atoms with van der Waals surface area (Å²) in [5.74, 6) is 0.604. The Bertz CT molecular complexity index is 484. The third-order valence-corrected chi connectivity index (χ3v) is 5.09. The number of hydrogen-bond acceptors (Lipinski definition) is 4. The number of rotatable bonds is 5. The maximum absolute atomic E-state index is 12.4. The number of likely N-dealkylation sites (tertiary alicyclic amines) is 1. The van der Waals surface area contributed by atoms with Gasteiger partial charge in [0.2, 0.25) is 0 Å². The lowest BCUT2D eigenvalue weighted by Gasteiger charge is -2.22. The van der Waals surface area contributed by atoms with E-state index in [4.69, 9.17) is 0 Å². The quantitative estimate of drug-likeness (QED) is 0.904. The van der Waals surface area contributed by atoms with Crippen LogP contribution < -0.4 is 5.32 Å². The molecule has 2 fully saturated rings. The number of nitrogens with one attached hydrogen (secondary N) is 1. The SMILES string of the molecule is Cc1cnc([C@@H](N[C@@H]2CCN(CC(F)(F)F)C2)C2CC2)s1. The fourth-order valence-electron chi connectivity index (χ4n) is 2.97. The van der Waals surface area contributed by atoms with Crippen molar-refractivity contribution in [3.63, 3.8) is 0 Å². The minimum absolute atomic E-state index is 0.141. The van der Waals surface area contributed by atoms with Crippen LogP contribution in [0.2, 0.25) is 0 Å². The van der Waals surface area contributed by atoms with Gasteiger partial charge in [0.25, 0.3) is 0 Å². The second kappa shape index (κ2) is 5.85. The minimum atomic E-state index is -4.10. The Hall–Kier alpha value is -0.660. The van der Waals surface area contributed by atoms with E-state index in [1.165, 1.54) is 22.6 Å². The molecule has 2 heterocycles. The maximum atomic E-state index is 12.4. The van der Waals surface area contributed by atoms with Gasteiger partial charge < -0.3 is 5.32 Å². The van der Waals surface area contributed by atoms with Crippen LogP contribution in [0.25, 0.3) is 0 Å². The van der Waals surface area contributed by atoms with Gasteiger partial charge in [0.1, 0.15) is 5.01 Å². The second-order valence-corrected chi connectivity index (χ2v) is 7.39. The van der Waals surface area contributed by atoms with Crippen LogP contribution in [0.5, 0.6) is 0 Å². The lowest BCUT2D eigenvalue weighted by atomic mass is 10.1. The van der Waals surface area contributed by atoms with Crippen molar-refractivity contribution >= 4 is 11.3 Å². The number of hydrogen-bond donors (Lipinski definition) is 1. The molecule has 0 aromatic carbocycles. The molecule has 3 nitrogen and oxygen atoms in total. The zero-order valence-electron chi connectivity index (χ0n) is 12.0. The third-order valence-electron chi connectivity index (χ3n) is 4.09. The van der Waals surface area contributed by atoms with Crippen LogP contribution in [-0.4, -0.2) is 41.7 Å². The smallest absolute Gasteiger partial charge is 0.304 e. The normalized spacial score (nSPS) is 25.4. The monoisotopic (exact) mass is 319 g/mol. The molecule has 1 saturated carbocycles. The first-order valence-electron chi connectivity index (χ1n) is 7.38. The number of aryl methyl sites for hydroxylation is 1. The summed E-state index contributed by atoms with van der Waals surface area (Å²) in [4.78, 5) is 7.14. The molecule has 21 heavy (non-hydrogen) atoms. The molecule has 2 aliphatic rings. The van der Waals surface area contributed by atoms with Gasteiger partial charge in [-0.25, -0.2) is 4.98 Å². The van der Waals surface area contributed by atoms with Gasteiger partial charge in [-0.15, -0.1) is 11.3 Å². The number of alkyl halides is 3. The first-order chi connectivity index (χ1) is 9.90. The molecule has 1 saturated heterocycles. The number of halogens is 3. The van der Waals surface area contributed by atoms with Gasteiger partial charge >= 0.3 is 6.18 Å². The molecule has 1 aromatic heterocycles. The standard InChI is InChI=1S/C14H20F3N3S/c1-9-6-18-13(21-9)12(10-2-3-10)19-11-4-5-20(7-11)8-14(15,16)17/h6,10-12,19H,2-5,7-8H2,1H3/t11-,12+/m1/s1. The van der Waals surface area contributed by atoms with Gasteiger partial charge in [-0.2, -0.15) is 13.2 Å². The van der Waals surface area contributed by atoms with E-state index in [0.29, 0.717) is 19.0 Å². The van der Waals surface area contributed by atoms with E-state index in [9.17, 15) is 13.2 Å². The van der Waals surface area contributed by atoms with Crippen LogP contribution in [0.15, 0.2) is 6.20 Å². The van der Waals surface area contributed by atoms with Crippen molar-refractivity contribution in [3.8, 4) is 0 Å². The molecule has 0 bridgehead atoms. The second-order valence-electron chi connectivity index (χ2n) is 6.13. The first-order valence-corrected chi connectivity index (χ1v) is 8.20. The van der Waals surface area contributed by atoms with Crippen molar-refractivity contribution in [1.29, 1.82) is 0 Å². The average Bonchev–Trinajstić information content (AvgIpc) is 2.99. The van der Waals surface area contributed by atoms with Gasteiger partial charge in [-0.3, -0.25) is 4.90 Å². The molecule has 118 valence electrons. The molecule has 7 heteroatoms. The van der Waals surface area contributed by atoms with Crippen molar-refractivity contribution in [3.05, 3.63) is 16.1 Å². The molecule has 1 aliphatic heterocycles. The highest BCUT2D eigenvalue weighted by Gasteiger charge is 2.38. The molecule has 1 aromatic rings. The Morgan fingerprint density at radius 2 is 2.19 bits per heavy atom. The zero-order chi connectivity index (χ0) is 15.0. The third kappa shape index (κ3) is 4.17. The Labute approximate surface area is 126 Å². The maximum Gasteiger partial charge on any atom is 0.401 e.